The Bertz CT molecular complexity index is 601. The van der Waals surface area contributed by atoms with E-state index in [-0.39, 0.29) is 0 Å². The smallest absolute Gasteiger partial charge is 0.417 e. The first-order valence-corrected chi connectivity index (χ1v) is 6.03. The van der Waals surface area contributed by atoms with Crippen LogP contribution in [0.2, 0.25) is 0 Å². The number of aromatic amines is 1. The van der Waals surface area contributed by atoms with E-state index in [2.05, 4.69) is 4.98 Å². The molecule has 1 aromatic heterocycles. The van der Waals surface area contributed by atoms with Gasteiger partial charge >= 0.3 is 11.7 Å². The van der Waals surface area contributed by atoms with Crippen molar-refractivity contribution < 1.29 is 14.3 Å². The summed E-state index contributed by atoms with van der Waals surface area (Å²) in [6.45, 7) is 1.66. The Balaban J connectivity index is 2.14. The second-order valence-electron chi connectivity index (χ2n) is 3.72. The van der Waals surface area contributed by atoms with E-state index in [1.54, 1.807) is 25.1 Å². The highest BCUT2D eigenvalue weighted by atomic mass is 32.2. The number of fused-ring (bicyclic) bond motifs is 1. The predicted octanol–water partition coefficient (Wildman–Crippen LogP) is 1.93. The summed E-state index contributed by atoms with van der Waals surface area (Å²) in [6.07, 6.45) is 0. The number of aliphatic carboxylic acids is 1. The monoisotopic (exact) mass is 253 g/mol. The van der Waals surface area contributed by atoms with E-state index in [1.807, 2.05) is 0 Å². The van der Waals surface area contributed by atoms with Crippen LogP contribution in [0.5, 0.6) is 0 Å². The molecule has 2 N–H and O–H groups in total. The third kappa shape index (κ3) is 2.71. The van der Waals surface area contributed by atoms with Crippen molar-refractivity contribution in [1.29, 1.82) is 0 Å². The van der Waals surface area contributed by atoms with Crippen molar-refractivity contribution >= 4 is 28.8 Å². The molecule has 6 heteroatoms. The van der Waals surface area contributed by atoms with Crippen LogP contribution in [0.25, 0.3) is 11.1 Å². The molecule has 0 saturated carbocycles. The molecule has 90 valence electrons. The van der Waals surface area contributed by atoms with Crippen LogP contribution in [0, 0.1) is 5.92 Å². The maximum atomic E-state index is 10.9. The van der Waals surface area contributed by atoms with Gasteiger partial charge in [-0.1, -0.05) is 6.92 Å². The Kier molecular flexibility index (Phi) is 3.23. The van der Waals surface area contributed by atoms with Crippen LogP contribution in [0.15, 0.2) is 32.3 Å². The molecule has 2 aromatic rings. The molecule has 0 radical (unpaired) electrons. The number of benzene rings is 1. The molecule has 1 aromatic carbocycles. The van der Waals surface area contributed by atoms with Crippen molar-refractivity contribution in [3.8, 4) is 0 Å². The number of carbonyl (C=O) groups is 1. The fourth-order valence-corrected chi connectivity index (χ4v) is 2.26. The number of nitrogens with one attached hydrogen (secondary N) is 1. The average molecular weight is 253 g/mol. The Hall–Kier alpha value is -1.69. The summed E-state index contributed by atoms with van der Waals surface area (Å²) >= 11 is 1.44. The Morgan fingerprint density at radius 2 is 2.35 bits per heavy atom. The van der Waals surface area contributed by atoms with Crippen LogP contribution in [-0.2, 0) is 4.79 Å². The molecule has 0 bridgehead atoms. The normalized spacial score (nSPS) is 12.8. The number of rotatable bonds is 4. The van der Waals surface area contributed by atoms with Gasteiger partial charge in [0.25, 0.3) is 0 Å². The SMILES string of the molecule is CC(CSc1ccc2oc(=O)[nH]c2c1)C(=O)O. The van der Waals surface area contributed by atoms with Crippen molar-refractivity contribution in [2.45, 2.75) is 11.8 Å². The second-order valence-corrected chi connectivity index (χ2v) is 4.82. The van der Waals surface area contributed by atoms with Gasteiger partial charge in [-0.2, -0.15) is 0 Å². The highest BCUT2D eigenvalue weighted by Crippen LogP contribution is 2.23. The van der Waals surface area contributed by atoms with Gasteiger partial charge < -0.3 is 9.52 Å². The molecule has 1 atom stereocenters. The Labute approximate surface area is 101 Å². The first kappa shape index (κ1) is 11.8. The van der Waals surface area contributed by atoms with Gasteiger partial charge in [-0.25, -0.2) is 4.79 Å². The minimum absolute atomic E-state index is 0.404. The van der Waals surface area contributed by atoms with Crippen molar-refractivity contribution in [1.82, 2.24) is 4.98 Å². The van der Waals surface area contributed by atoms with Crippen molar-refractivity contribution in [3.05, 3.63) is 28.7 Å². The lowest BCUT2D eigenvalue weighted by Crippen LogP contribution is -2.11. The summed E-state index contributed by atoms with van der Waals surface area (Å²) in [7, 11) is 0. The number of carboxylic acid groups (broad SMARTS) is 1. The van der Waals surface area contributed by atoms with Crippen molar-refractivity contribution in [2.75, 3.05) is 5.75 Å². The highest BCUT2D eigenvalue weighted by Gasteiger charge is 2.11. The number of H-pyrrole nitrogens is 1. The molecule has 5 nitrogen and oxygen atoms in total. The number of hydrogen-bond donors (Lipinski definition) is 2. The summed E-state index contributed by atoms with van der Waals surface area (Å²) in [4.78, 5) is 25.1. The first-order valence-electron chi connectivity index (χ1n) is 5.05. The Morgan fingerprint density at radius 1 is 1.59 bits per heavy atom. The zero-order chi connectivity index (χ0) is 12.4. The lowest BCUT2D eigenvalue weighted by atomic mass is 10.2. The molecule has 0 amide bonds. The largest absolute Gasteiger partial charge is 0.481 e. The van der Waals surface area contributed by atoms with E-state index in [9.17, 15) is 9.59 Å². The molecule has 0 aliphatic carbocycles. The molecule has 0 aliphatic rings. The summed E-state index contributed by atoms with van der Waals surface area (Å²) in [5.74, 6) is -1.21. The van der Waals surface area contributed by atoms with E-state index >= 15 is 0 Å². The average Bonchev–Trinajstić information content (AvgIpc) is 2.64. The molecule has 0 spiro atoms. The van der Waals surface area contributed by atoms with Gasteiger partial charge in [0.1, 0.15) is 0 Å². The minimum atomic E-state index is -0.810. The third-order valence-electron chi connectivity index (χ3n) is 2.31. The molecule has 2 rings (SSSR count). The molecule has 17 heavy (non-hydrogen) atoms. The highest BCUT2D eigenvalue weighted by molar-refractivity contribution is 7.99. The fourth-order valence-electron chi connectivity index (χ4n) is 1.31. The standard InChI is InChI=1S/C11H11NO4S/c1-6(10(13)14)5-17-7-2-3-9-8(4-7)12-11(15)16-9/h2-4,6H,5H2,1H3,(H,12,15)(H,13,14). The number of hydrogen-bond acceptors (Lipinski definition) is 4. The van der Waals surface area contributed by atoms with Crippen LogP contribution in [0.4, 0.5) is 0 Å². The van der Waals surface area contributed by atoms with Gasteiger partial charge in [-0.3, -0.25) is 9.78 Å². The van der Waals surface area contributed by atoms with E-state index < -0.39 is 17.6 Å². The molecular formula is C11H11NO4S. The predicted molar refractivity (Wildman–Crippen MR) is 64.4 cm³/mol. The van der Waals surface area contributed by atoms with Crippen LogP contribution in [0.3, 0.4) is 0 Å². The molecule has 0 saturated heterocycles. The molecule has 0 fully saturated rings. The van der Waals surface area contributed by atoms with Gasteiger partial charge in [-0.15, -0.1) is 11.8 Å². The number of oxazole rings is 1. The van der Waals surface area contributed by atoms with Gasteiger partial charge in [0.05, 0.1) is 11.4 Å². The van der Waals surface area contributed by atoms with Crippen molar-refractivity contribution in [3.63, 3.8) is 0 Å². The quantitative estimate of drug-likeness (QED) is 0.813. The number of carboxylic acids is 1. The topological polar surface area (TPSA) is 83.3 Å². The van der Waals surface area contributed by atoms with E-state index in [0.717, 1.165) is 4.90 Å². The lowest BCUT2D eigenvalue weighted by Gasteiger charge is -2.05. The fraction of sp³-hybridized carbons (Fsp3) is 0.273. The molecule has 0 aliphatic heterocycles. The van der Waals surface area contributed by atoms with Crippen LogP contribution < -0.4 is 5.76 Å². The second kappa shape index (κ2) is 4.67. The van der Waals surface area contributed by atoms with E-state index in [4.69, 9.17) is 9.52 Å². The molecule has 1 heterocycles. The van der Waals surface area contributed by atoms with Gasteiger partial charge in [0, 0.05) is 10.6 Å². The van der Waals surface area contributed by atoms with Crippen molar-refractivity contribution in [2.24, 2.45) is 5.92 Å². The maximum absolute atomic E-state index is 10.9. The first-order chi connectivity index (χ1) is 8.06. The van der Waals surface area contributed by atoms with Crippen LogP contribution in [0.1, 0.15) is 6.92 Å². The van der Waals surface area contributed by atoms with Gasteiger partial charge in [-0.05, 0) is 18.2 Å². The minimum Gasteiger partial charge on any atom is -0.481 e. The summed E-state index contributed by atoms with van der Waals surface area (Å²) in [5, 5.41) is 8.76. The van der Waals surface area contributed by atoms with Crippen LogP contribution >= 0.6 is 11.8 Å². The Morgan fingerprint density at radius 3 is 3.06 bits per heavy atom. The summed E-state index contributed by atoms with van der Waals surface area (Å²) in [6, 6.07) is 5.28. The van der Waals surface area contributed by atoms with Gasteiger partial charge in [0.2, 0.25) is 0 Å². The van der Waals surface area contributed by atoms with E-state index in [1.165, 1.54) is 11.8 Å². The van der Waals surface area contributed by atoms with Crippen LogP contribution in [-0.4, -0.2) is 21.8 Å². The lowest BCUT2D eigenvalue weighted by molar-refractivity contribution is -0.140. The van der Waals surface area contributed by atoms with Gasteiger partial charge in [0.15, 0.2) is 5.58 Å². The zero-order valence-corrected chi connectivity index (χ0v) is 9.91. The number of aromatic nitrogens is 1. The maximum Gasteiger partial charge on any atom is 0.417 e. The zero-order valence-electron chi connectivity index (χ0n) is 9.10. The summed E-state index contributed by atoms with van der Waals surface area (Å²) in [5.41, 5.74) is 1.13. The number of thioether (sulfide) groups is 1. The molecular weight excluding hydrogens is 242 g/mol. The third-order valence-corrected chi connectivity index (χ3v) is 3.57. The summed E-state index contributed by atoms with van der Waals surface area (Å²) < 4.78 is 4.87. The molecule has 1 unspecified atom stereocenters. The van der Waals surface area contributed by atoms with E-state index in [0.29, 0.717) is 16.9 Å².